The summed E-state index contributed by atoms with van der Waals surface area (Å²) < 4.78 is 41.5. The predicted octanol–water partition coefficient (Wildman–Crippen LogP) is 3.70. The van der Waals surface area contributed by atoms with Crippen molar-refractivity contribution < 1.29 is 22.7 Å². The van der Waals surface area contributed by atoms with Crippen molar-refractivity contribution in [1.29, 1.82) is 0 Å². The van der Waals surface area contributed by atoms with E-state index in [1.54, 1.807) is 12.1 Å². The van der Waals surface area contributed by atoms with Crippen LogP contribution in [0, 0.1) is 0 Å². The normalized spacial score (nSPS) is 13.3. The number of anilines is 2. The molecule has 0 unspecified atom stereocenters. The van der Waals surface area contributed by atoms with Crippen molar-refractivity contribution in [3.63, 3.8) is 0 Å². The number of nitrogens with zero attached hydrogens (tertiary/aromatic N) is 1. The molecular formula is C20H23ClF3N3O2. The molecule has 29 heavy (non-hydrogen) atoms. The van der Waals surface area contributed by atoms with E-state index in [9.17, 15) is 18.0 Å². The summed E-state index contributed by atoms with van der Waals surface area (Å²) >= 11 is 0. The van der Waals surface area contributed by atoms with Gasteiger partial charge in [-0.25, -0.2) is 0 Å². The van der Waals surface area contributed by atoms with Gasteiger partial charge in [0.2, 0.25) is 5.91 Å². The molecule has 0 fully saturated rings. The van der Waals surface area contributed by atoms with E-state index in [-0.39, 0.29) is 37.2 Å². The third kappa shape index (κ3) is 6.45. The van der Waals surface area contributed by atoms with Crippen LogP contribution < -0.4 is 20.7 Å². The monoisotopic (exact) mass is 429 g/mol. The molecule has 0 saturated heterocycles. The number of hydrogen-bond acceptors (Lipinski definition) is 4. The van der Waals surface area contributed by atoms with E-state index in [1.165, 1.54) is 12.1 Å². The van der Waals surface area contributed by atoms with E-state index in [4.69, 9.17) is 10.5 Å². The molecule has 158 valence electrons. The quantitative estimate of drug-likeness (QED) is 0.687. The lowest BCUT2D eigenvalue weighted by Crippen LogP contribution is -2.39. The van der Waals surface area contributed by atoms with Crippen molar-refractivity contribution >= 4 is 29.7 Å². The van der Waals surface area contributed by atoms with Crippen LogP contribution in [0.2, 0.25) is 0 Å². The van der Waals surface area contributed by atoms with Crippen LogP contribution in [0.25, 0.3) is 0 Å². The molecule has 0 atom stereocenters. The smallest absolute Gasteiger partial charge is 0.422 e. The molecule has 0 aromatic heterocycles. The van der Waals surface area contributed by atoms with Crippen LogP contribution in [0.15, 0.2) is 42.5 Å². The third-order valence-electron chi connectivity index (χ3n) is 4.51. The number of nitrogens with two attached hydrogens (primary N) is 1. The van der Waals surface area contributed by atoms with E-state index in [0.29, 0.717) is 5.56 Å². The summed E-state index contributed by atoms with van der Waals surface area (Å²) in [6, 6.07) is 11.9. The average Bonchev–Trinajstić information content (AvgIpc) is 2.65. The summed E-state index contributed by atoms with van der Waals surface area (Å²) in [6.07, 6.45) is -2.57. The van der Waals surface area contributed by atoms with Gasteiger partial charge in [0.1, 0.15) is 5.75 Å². The molecule has 1 aliphatic rings. The fourth-order valence-corrected chi connectivity index (χ4v) is 3.23. The number of alkyl halides is 3. The minimum atomic E-state index is -4.39. The van der Waals surface area contributed by atoms with Crippen LogP contribution in [0.5, 0.6) is 5.75 Å². The predicted molar refractivity (Wildman–Crippen MR) is 108 cm³/mol. The van der Waals surface area contributed by atoms with Crippen LogP contribution in [0.4, 0.5) is 24.5 Å². The average molecular weight is 430 g/mol. The van der Waals surface area contributed by atoms with Crippen molar-refractivity contribution in [2.45, 2.75) is 25.6 Å². The Balaban J connectivity index is 0.00000300. The largest absolute Gasteiger partial charge is 0.484 e. The lowest BCUT2D eigenvalue weighted by Gasteiger charge is -2.31. The van der Waals surface area contributed by atoms with Crippen LogP contribution in [-0.4, -0.2) is 31.8 Å². The highest BCUT2D eigenvalue weighted by Gasteiger charge is 2.28. The van der Waals surface area contributed by atoms with Crippen LogP contribution in [-0.2, 0) is 17.8 Å². The summed E-state index contributed by atoms with van der Waals surface area (Å²) in [5, 5.41) is 2.80. The Morgan fingerprint density at radius 2 is 1.97 bits per heavy atom. The second-order valence-corrected chi connectivity index (χ2v) is 6.70. The van der Waals surface area contributed by atoms with Crippen LogP contribution >= 0.6 is 12.4 Å². The van der Waals surface area contributed by atoms with E-state index >= 15 is 0 Å². The lowest BCUT2D eigenvalue weighted by molar-refractivity contribution is -0.153. The molecule has 0 bridgehead atoms. The Morgan fingerprint density at radius 1 is 1.21 bits per heavy atom. The summed E-state index contributed by atoms with van der Waals surface area (Å²) in [6.45, 7) is -0.175. The zero-order chi connectivity index (χ0) is 20.1. The van der Waals surface area contributed by atoms with Gasteiger partial charge in [-0.05, 0) is 48.2 Å². The Kier molecular flexibility index (Phi) is 7.61. The first-order chi connectivity index (χ1) is 13.3. The molecule has 1 aliphatic heterocycles. The number of fused-ring (bicyclic) bond motifs is 1. The maximum atomic E-state index is 12.4. The minimum absolute atomic E-state index is 0. The molecule has 3 rings (SSSR count). The molecule has 0 aliphatic carbocycles. The topological polar surface area (TPSA) is 67.6 Å². The van der Waals surface area contributed by atoms with Crippen molar-refractivity contribution in [2.75, 3.05) is 30.3 Å². The number of rotatable bonds is 6. The van der Waals surface area contributed by atoms with Crippen molar-refractivity contribution in [3.8, 4) is 5.75 Å². The number of carbonyl (C=O) groups is 1. The van der Waals surface area contributed by atoms with Gasteiger partial charge in [-0.2, -0.15) is 13.2 Å². The van der Waals surface area contributed by atoms with Gasteiger partial charge in [0.25, 0.3) is 0 Å². The van der Waals surface area contributed by atoms with Crippen molar-refractivity contribution in [1.82, 2.24) is 5.32 Å². The fraction of sp³-hybridized carbons (Fsp3) is 0.350. The molecule has 2 aromatic carbocycles. The summed E-state index contributed by atoms with van der Waals surface area (Å²) in [5.41, 5.74) is 9.46. The SMILES string of the molecule is Cl.Nc1cccc2c1CCCN2CC(=O)NCc1cccc(OCC(F)(F)F)c1. The van der Waals surface area contributed by atoms with Crippen molar-refractivity contribution in [2.24, 2.45) is 0 Å². The molecule has 9 heteroatoms. The fourth-order valence-electron chi connectivity index (χ4n) is 3.23. The Labute approximate surface area is 173 Å². The molecular weight excluding hydrogens is 407 g/mol. The molecule has 0 saturated carbocycles. The number of hydrogen-bond donors (Lipinski definition) is 2. The Bertz CT molecular complexity index is 846. The maximum absolute atomic E-state index is 12.4. The zero-order valence-electron chi connectivity index (χ0n) is 15.7. The second-order valence-electron chi connectivity index (χ2n) is 6.70. The van der Waals surface area contributed by atoms with Gasteiger partial charge in [-0.15, -0.1) is 12.4 Å². The van der Waals surface area contributed by atoms with Gasteiger partial charge < -0.3 is 20.7 Å². The Hall–Kier alpha value is -2.61. The zero-order valence-corrected chi connectivity index (χ0v) is 16.5. The number of benzene rings is 2. The molecule has 1 heterocycles. The van der Waals surface area contributed by atoms with Gasteiger partial charge in [0.15, 0.2) is 6.61 Å². The molecule has 0 radical (unpaired) electrons. The van der Waals surface area contributed by atoms with E-state index < -0.39 is 12.8 Å². The second kappa shape index (κ2) is 9.73. The Morgan fingerprint density at radius 3 is 2.72 bits per heavy atom. The first-order valence-electron chi connectivity index (χ1n) is 8.99. The first-order valence-corrected chi connectivity index (χ1v) is 8.99. The van der Waals surface area contributed by atoms with Gasteiger partial charge in [-0.3, -0.25) is 4.79 Å². The summed E-state index contributed by atoms with van der Waals surface area (Å²) in [5.74, 6) is -0.0543. The highest BCUT2D eigenvalue weighted by Crippen LogP contribution is 2.30. The van der Waals surface area contributed by atoms with Crippen molar-refractivity contribution in [3.05, 3.63) is 53.6 Å². The van der Waals surface area contributed by atoms with Crippen LogP contribution in [0.3, 0.4) is 0 Å². The molecule has 5 nitrogen and oxygen atoms in total. The maximum Gasteiger partial charge on any atom is 0.422 e. The first kappa shape index (κ1) is 22.7. The van der Waals surface area contributed by atoms with Gasteiger partial charge in [-0.1, -0.05) is 18.2 Å². The van der Waals surface area contributed by atoms with E-state index in [2.05, 4.69) is 5.32 Å². The standard InChI is InChI=1S/C20H22F3N3O2.ClH/c21-20(22,23)13-28-15-5-1-4-14(10-15)11-25-19(27)12-26-9-3-6-16-17(24)7-2-8-18(16)26;/h1-2,4-5,7-8,10H,3,6,9,11-13,24H2,(H,25,27);1H. The number of nitrogens with one attached hydrogen (secondary N) is 1. The van der Waals surface area contributed by atoms with Gasteiger partial charge >= 0.3 is 6.18 Å². The number of amides is 1. The lowest BCUT2D eigenvalue weighted by atomic mass is 10.00. The summed E-state index contributed by atoms with van der Waals surface area (Å²) in [4.78, 5) is 14.4. The molecule has 0 spiro atoms. The van der Waals surface area contributed by atoms with E-state index in [1.807, 2.05) is 23.1 Å². The minimum Gasteiger partial charge on any atom is -0.484 e. The highest BCUT2D eigenvalue weighted by atomic mass is 35.5. The summed E-state index contributed by atoms with van der Waals surface area (Å²) in [7, 11) is 0. The molecule has 1 amide bonds. The molecule has 3 N–H and O–H groups in total. The highest BCUT2D eigenvalue weighted by molar-refractivity contribution is 5.85. The molecule has 2 aromatic rings. The number of carbonyl (C=O) groups excluding carboxylic acids is 1. The van der Waals surface area contributed by atoms with Gasteiger partial charge in [0, 0.05) is 24.5 Å². The number of ether oxygens (including phenoxy) is 1. The number of nitrogen functional groups attached to an aromatic ring is 1. The van der Waals surface area contributed by atoms with Gasteiger partial charge in [0.05, 0.1) is 6.54 Å². The number of halogens is 4. The third-order valence-corrected chi connectivity index (χ3v) is 4.51. The van der Waals surface area contributed by atoms with E-state index in [0.717, 1.165) is 36.3 Å². The van der Waals surface area contributed by atoms with Crippen LogP contribution in [0.1, 0.15) is 17.5 Å².